The molecule has 1 aromatic rings. The van der Waals surface area contributed by atoms with E-state index in [-0.39, 0.29) is 17.9 Å². The summed E-state index contributed by atoms with van der Waals surface area (Å²) >= 11 is 11.9. The summed E-state index contributed by atoms with van der Waals surface area (Å²) in [5.41, 5.74) is 1.52. The quantitative estimate of drug-likeness (QED) is 0.720. The smallest absolute Gasteiger partial charge is 0.268 e. The van der Waals surface area contributed by atoms with E-state index in [0.717, 1.165) is 31.2 Å². The molecule has 1 aliphatic carbocycles. The molecule has 0 spiro atoms. The first-order valence-corrected chi connectivity index (χ1v) is 9.83. The minimum atomic E-state index is -0.451. The zero-order valence-corrected chi connectivity index (χ0v) is 16.3. The standard InChI is InChI=1S/C19H23Cl2N3O2/c1-2-24-11-14(17(19(24)26)23-13-6-7-13)18(25)22-9-3-4-12-5-8-15(20)16(21)10-12/h5,8,10,13-14H,2-4,6-7,9,11H2,1H3,(H,22,25). The first-order valence-electron chi connectivity index (χ1n) is 9.08. The van der Waals surface area contributed by atoms with Crippen LogP contribution in [0.15, 0.2) is 23.2 Å². The summed E-state index contributed by atoms with van der Waals surface area (Å²) in [6.07, 6.45) is 3.61. The second-order valence-corrected chi connectivity index (χ2v) is 7.60. The van der Waals surface area contributed by atoms with Crippen molar-refractivity contribution in [2.24, 2.45) is 10.9 Å². The largest absolute Gasteiger partial charge is 0.355 e. The van der Waals surface area contributed by atoms with Crippen LogP contribution in [0.2, 0.25) is 10.0 Å². The van der Waals surface area contributed by atoms with Crippen molar-refractivity contribution in [2.75, 3.05) is 19.6 Å². The Morgan fingerprint density at radius 3 is 2.73 bits per heavy atom. The van der Waals surface area contributed by atoms with Gasteiger partial charge in [0.05, 0.1) is 16.1 Å². The monoisotopic (exact) mass is 395 g/mol. The molecule has 3 rings (SSSR count). The molecule has 1 aliphatic heterocycles. The fourth-order valence-corrected chi connectivity index (χ4v) is 3.37. The number of amides is 2. The molecule has 1 unspecified atom stereocenters. The number of hydrogen-bond acceptors (Lipinski definition) is 3. The van der Waals surface area contributed by atoms with Crippen LogP contribution in [0.25, 0.3) is 0 Å². The van der Waals surface area contributed by atoms with Gasteiger partial charge < -0.3 is 10.2 Å². The van der Waals surface area contributed by atoms with Crippen molar-refractivity contribution in [2.45, 2.75) is 38.6 Å². The molecular weight excluding hydrogens is 373 g/mol. The SMILES string of the molecule is CCN1CC(C(=O)NCCCc2ccc(Cl)c(Cl)c2)C(=NC2CC2)C1=O. The molecule has 1 saturated heterocycles. The maximum Gasteiger partial charge on any atom is 0.268 e. The molecule has 0 aromatic heterocycles. The number of aryl methyl sites for hydroxylation is 1. The maximum atomic E-state index is 12.6. The van der Waals surface area contributed by atoms with Crippen LogP contribution < -0.4 is 5.32 Å². The highest BCUT2D eigenvalue weighted by Crippen LogP contribution is 2.27. The third kappa shape index (κ3) is 4.57. The third-order valence-corrected chi connectivity index (χ3v) is 5.47. The highest BCUT2D eigenvalue weighted by molar-refractivity contribution is 6.45. The second kappa shape index (κ2) is 8.40. The molecule has 7 heteroatoms. The van der Waals surface area contributed by atoms with Crippen LogP contribution in [0.5, 0.6) is 0 Å². The third-order valence-electron chi connectivity index (χ3n) is 4.73. The number of carbonyl (C=O) groups is 2. The van der Waals surface area contributed by atoms with E-state index in [4.69, 9.17) is 23.2 Å². The summed E-state index contributed by atoms with van der Waals surface area (Å²) < 4.78 is 0. The Morgan fingerprint density at radius 2 is 2.08 bits per heavy atom. The fourth-order valence-electron chi connectivity index (χ4n) is 3.05. The number of nitrogens with zero attached hydrogens (tertiary/aromatic N) is 2. The van der Waals surface area contributed by atoms with E-state index in [2.05, 4.69) is 10.3 Å². The highest BCUT2D eigenvalue weighted by Gasteiger charge is 2.41. The molecule has 1 N–H and O–H groups in total. The van der Waals surface area contributed by atoms with E-state index in [0.29, 0.717) is 35.4 Å². The van der Waals surface area contributed by atoms with E-state index in [1.54, 1.807) is 11.0 Å². The normalized spacial score (nSPS) is 21.5. The number of hydrogen-bond donors (Lipinski definition) is 1. The van der Waals surface area contributed by atoms with Crippen LogP contribution >= 0.6 is 23.2 Å². The van der Waals surface area contributed by atoms with Gasteiger partial charge in [0.2, 0.25) is 5.91 Å². The van der Waals surface area contributed by atoms with Crippen LogP contribution in [0.3, 0.4) is 0 Å². The van der Waals surface area contributed by atoms with Crippen LogP contribution in [0, 0.1) is 5.92 Å². The van der Waals surface area contributed by atoms with E-state index in [1.165, 1.54) is 0 Å². The molecule has 1 saturated carbocycles. The number of aliphatic imine (C=N–C) groups is 1. The first kappa shape index (κ1) is 19.2. The van der Waals surface area contributed by atoms with Crippen LogP contribution in [-0.2, 0) is 16.0 Å². The van der Waals surface area contributed by atoms with E-state index >= 15 is 0 Å². The van der Waals surface area contributed by atoms with E-state index in [9.17, 15) is 9.59 Å². The lowest BCUT2D eigenvalue weighted by Gasteiger charge is -2.13. The Bertz CT molecular complexity index is 731. The Balaban J connectivity index is 1.52. The van der Waals surface area contributed by atoms with Gasteiger partial charge in [-0.3, -0.25) is 14.6 Å². The lowest BCUT2D eigenvalue weighted by molar-refractivity contribution is -0.123. The molecule has 26 heavy (non-hydrogen) atoms. The van der Waals surface area contributed by atoms with Gasteiger partial charge in [-0.05, 0) is 50.3 Å². The van der Waals surface area contributed by atoms with E-state index < -0.39 is 5.92 Å². The molecule has 2 amide bonds. The number of rotatable bonds is 7. The van der Waals surface area contributed by atoms with Crippen molar-refractivity contribution in [3.63, 3.8) is 0 Å². The molecule has 1 heterocycles. The van der Waals surface area contributed by atoms with Gasteiger partial charge in [-0.1, -0.05) is 29.3 Å². The molecular formula is C19H23Cl2N3O2. The molecule has 0 radical (unpaired) electrons. The number of benzene rings is 1. The zero-order valence-electron chi connectivity index (χ0n) is 14.8. The highest BCUT2D eigenvalue weighted by atomic mass is 35.5. The van der Waals surface area contributed by atoms with Gasteiger partial charge in [0, 0.05) is 19.6 Å². The van der Waals surface area contributed by atoms with Crippen LogP contribution in [0.4, 0.5) is 0 Å². The van der Waals surface area contributed by atoms with Crippen molar-refractivity contribution < 1.29 is 9.59 Å². The average Bonchev–Trinajstić information content (AvgIpc) is 3.39. The summed E-state index contributed by atoms with van der Waals surface area (Å²) in [6.45, 7) is 3.50. The Labute approximate surface area is 163 Å². The van der Waals surface area contributed by atoms with Crippen molar-refractivity contribution in [1.82, 2.24) is 10.2 Å². The number of carbonyl (C=O) groups excluding carboxylic acids is 2. The Morgan fingerprint density at radius 1 is 1.31 bits per heavy atom. The van der Waals surface area contributed by atoms with Gasteiger partial charge in [-0.25, -0.2) is 0 Å². The molecule has 0 bridgehead atoms. The summed E-state index contributed by atoms with van der Waals surface area (Å²) in [6, 6.07) is 5.80. The molecule has 1 atom stereocenters. The molecule has 5 nitrogen and oxygen atoms in total. The van der Waals surface area contributed by atoms with Gasteiger partial charge in [0.1, 0.15) is 11.6 Å². The lowest BCUT2D eigenvalue weighted by Crippen LogP contribution is -2.36. The summed E-state index contributed by atoms with van der Waals surface area (Å²) in [4.78, 5) is 31.1. The Hall–Kier alpha value is -1.59. The van der Waals surface area contributed by atoms with Gasteiger partial charge in [-0.2, -0.15) is 0 Å². The predicted molar refractivity (Wildman–Crippen MR) is 104 cm³/mol. The fraction of sp³-hybridized carbons (Fsp3) is 0.526. The molecule has 1 aromatic carbocycles. The van der Waals surface area contributed by atoms with E-state index in [1.807, 2.05) is 19.1 Å². The Kier molecular flexibility index (Phi) is 6.20. The van der Waals surface area contributed by atoms with Crippen molar-refractivity contribution in [3.8, 4) is 0 Å². The van der Waals surface area contributed by atoms with Crippen LogP contribution in [-0.4, -0.2) is 48.1 Å². The van der Waals surface area contributed by atoms with Crippen LogP contribution in [0.1, 0.15) is 31.7 Å². The number of likely N-dealkylation sites (tertiary alicyclic amines) is 1. The molecule has 2 aliphatic rings. The van der Waals surface area contributed by atoms with Crippen molar-refractivity contribution in [3.05, 3.63) is 33.8 Å². The zero-order chi connectivity index (χ0) is 18.7. The topological polar surface area (TPSA) is 61.8 Å². The number of halogens is 2. The summed E-state index contributed by atoms with van der Waals surface area (Å²) in [5.74, 6) is -0.647. The molecule has 140 valence electrons. The summed E-state index contributed by atoms with van der Waals surface area (Å²) in [7, 11) is 0. The van der Waals surface area contributed by atoms with Gasteiger partial charge in [-0.15, -0.1) is 0 Å². The van der Waals surface area contributed by atoms with Gasteiger partial charge in [0.25, 0.3) is 5.91 Å². The minimum Gasteiger partial charge on any atom is -0.355 e. The predicted octanol–water partition coefficient (Wildman–Crippen LogP) is 3.12. The molecule has 2 fully saturated rings. The summed E-state index contributed by atoms with van der Waals surface area (Å²) in [5, 5.41) is 4.03. The minimum absolute atomic E-state index is 0.0876. The first-order chi connectivity index (χ1) is 12.5. The lowest BCUT2D eigenvalue weighted by atomic mass is 10.1. The number of nitrogens with one attached hydrogen (secondary N) is 1. The van der Waals surface area contributed by atoms with Crippen molar-refractivity contribution >= 4 is 40.7 Å². The van der Waals surface area contributed by atoms with Gasteiger partial charge in [0.15, 0.2) is 0 Å². The van der Waals surface area contributed by atoms with Crippen molar-refractivity contribution in [1.29, 1.82) is 0 Å². The second-order valence-electron chi connectivity index (χ2n) is 6.78. The maximum absolute atomic E-state index is 12.6. The average molecular weight is 396 g/mol. The van der Waals surface area contributed by atoms with Gasteiger partial charge >= 0.3 is 0 Å².